The fraction of sp³-hybridized carbons (Fsp3) is 0.471. The van der Waals surface area contributed by atoms with Gasteiger partial charge in [0.05, 0.1) is 22.7 Å². The number of benzene rings is 1. The van der Waals surface area contributed by atoms with E-state index in [1.807, 2.05) is 22.9 Å². The summed E-state index contributed by atoms with van der Waals surface area (Å²) < 4.78 is 1.97. The van der Waals surface area contributed by atoms with Crippen molar-refractivity contribution < 1.29 is 0 Å². The van der Waals surface area contributed by atoms with Crippen LogP contribution in [0.15, 0.2) is 36.9 Å². The molecule has 112 valence electrons. The number of nitrogens with one attached hydrogen (secondary N) is 1. The highest BCUT2D eigenvalue weighted by Crippen LogP contribution is 2.34. The van der Waals surface area contributed by atoms with E-state index in [0.29, 0.717) is 6.04 Å². The fourth-order valence-electron chi connectivity index (χ4n) is 3.57. The van der Waals surface area contributed by atoms with Crippen molar-refractivity contribution >= 4 is 17.3 Å². The molecule has 4 heteroatoms. The molecule has 0 bridgehead atoms. The molecule has 0 radical (unpaired) electrons. The van der Waals surface area contributed by atoms with Gasteiger partial charge in [-0.2, -0.15) is 0 Å². The molecule has 0 amide bonds. The molecule has 2 unspecified atom stereocenters. The van der Waals surface area contributed by atoms with Gasteiger partial charge in [0.15, 0.2) is 0 Å². The molecule has 1 aromatic heterocycles. The van der Waals surface area contributed by atoms with Crippen LogP contribution in [-0.4, -0.2) is 15.6 Å². The molecule has 0 spiro atoms. The second kappa shape index (κ2) is 6.10. The standard InChI is InChI=1S/C17H22ClN3/c1-12-8-13(2)10-14(9-12)20-16-5-3-4-15(18)17(16)21-7-6-19-11-21/h3-7,11-14,20H,8-10H2,1-2H3. The Balaban J connectivity index is 1.87. The van der Waals surface area contributed by atoms with Crippen LogP contribution in [0.25, 0.3) is 5.69 Å². The van der Waals surface area contributed by atoms with Crippen molar-refractivity contribution in [2.45, 2.75) is 39.2 Å². The third-order valence-electron chi connectivity index (χ3n) is 4.29. The van der Waals surface area contributed by atoms with Crippen molar-refractivity contribution in [2.75, 3.05) is 5.32 Å². The van der Waals surface area contributed by atoms with Gasteiger partial charge in [0.2, 0.25) is 0 Å². The van der Waals surface area contributed by atoms with E-state index < -0.39 is 0 Å². The van der Waals surface area contributed by atoms with Gasteiger partial charge in [-0.15, -0.1) is 0 Å². The van der Waals surface area contributed by atoms with Crippen LogP contribution in [0.5, 0.6) is 0 Å². The highest BCUT2D eigenvalue weighted by molar-refractivity contribution is 6.33. The van der Waals surface area contributed by atoms with E-state index in [-0.39, 0.29) is 0 Å². The quantitative estimate of drug-likeness (QED) is 0.885. The van der Waals surface area contributed by atoms with Gasteiger partial charge >= 0.3 is 0 Å². The van der Waals surface area contributed by atoms with E-state index in [4.69, 9.17) is 11.6 Å². The van der Waals surface area contributed by atoms with Crippen molar-refractivity contribution in [1.82, 2.24) is 9.55 Å². The van der Waals surface area contributed by atoms with Gasteiger partial charge in [-0.1, -0.05) is 31.5 Å². The predicted octanol–water partition coefficient (Wildman–Crippen LogP) is 4.76. The normalized spacial score (nSPS) is 25.8. The smallest absolute Gasteiger partial charge is 0.0992 e. The van der Waals surface area contributed by atoms with E-state index in [9.17, 15) is 0 Å². The molecule has 3 rings (SSSR count). The molecule has 1 aliphatic carbocycles. The summed E-state index contributed by atoms with van der Waals surface area (Å²) in [4.78, 5) is 4.13. The lowest BCUT2D eigenvalue weighted by atomic mass is 9.80. The maximum atomic E-state index is 6.41. The first kappa shape index (κ1) is 14.5. The molecule has 1 fully saturated rings. The molecule has 2 atom stereocenters. The number of aromatic nitrogens is 2. The summed E-state index contributed by atoms with van der Waals surface area (Å²) >= 11 is 6.41. The maximum Gasteiger partial charge on any atom is 0.0992 e. The van der Waals surface area contributed by atoms with Crippen LogP contribution in [0.1, 0.15) is 33.1 Å². The molecule has 1 aromatic carbocycles. The number of imidazole rings is 1. The van der Waals surface area contributed by atoms with Crippen LogP contribution in [0, 0.1) is 11.8 Å². The van der Waals surface area contributed by atoms with E-state index in [0.717, 1.165) is 28.2 Å². The summed E-state index contributed by atoms with van der Waals surface area (Å²) in [6.07, 6.45) is 9.28. The lowest BCUT2D eigenvalue weighted by Gasteiger charge is -2.33. The summed E-state index contributed by atoms with van der Waals surface area (Å²) in [7, 11) is 0. The van der Waals surface area contributed by atoms with Crippen LogP contribution in [0.4, 0.5) is 5.69 Å². The zero-order chi connectivity index (χ0) is 14.8. The Morgan fingerprint density at radius 1 is 1.19 bits per heavy atom. The summed E-state index contributed by atoms with van der Waals surface area (Å²) in [5.41, 5.74) is 2.08. The average molecular weight is 304 g/mol. The van der Waals surface area contributed by atoms with Crippen LogP contribution in [-0.2, 0) is 0 Å². The Hall–Kier alpha value is -1.48. The molecule has 0 aliphatic heterocycles. The molecule has 3 nitrogen and oxygen atoms in total. The zero-order valence-corrected chi connectivity index (χ0v) is 13.3. The fourth-order valence-corrected chi connectivity index (χ4v) is 3.84. The highest BCUT2D eigenvalue weighted by Gasteiger charge is 2.24. The minimum atomic E-state index is 0.518. The Bertz CT molecular complexity index is 584. The number of hydrogen-bond donors (Lipinski definition) is 1. The first-order valence-electron chi connectivity index (χ1n) is 7.67. The molecule has 1 heterocycles. The van der Waals surface area contributed by atoms with Crippen LogP contribution < -0.4 is 5.32 Å². The van der Waals surface area contributed by atoms with Gasteiger partial charge in [-0.3, -0.25) is 0 Å². The second-order valence-corrected chi connectivity index (χ2v) is 6.77. The predicted molar refractivity (Wildman–Crippen MR) is 88.2 cm³/mol. The van der Waals surface area contributed by atoms with Crippen LogP contribution in [0.2, 0.25) is 5.02 Å². The number of para-hydroxylation sites is 1. The molecule has 2 aromatic rings. The van der Waals surface area contributed by atoms with E-state index in [2.05, 4.69) is 30.2 Å². The average Bonchev–Trinajstić information content (AvgIpc) is 2.91. The summed E-state index contributed by atoms with van der Waals surface area (Å²) in [6, 6.07) is 6.55. The van der Waals surface area contributed by atoms with Crippen LogP contribution >= 0.6 is 11.6 Å². The van der Waals surface area contributed by atoms with Gasteiger partial charge in [0.1, 0.15) is 0 Å². The minimum absolute atomic E-state index is 0.518. The zero-order valence-electron chi connectivity index (χ0n) is 12.6. The second-order valence-electron chi connectivity index (χ2n) is 6.36. The number of nitrogens with zero attached hydrogens (tertiary/aromatic N) is 2. The first-order chi connectivity index (χ1) is 10.1. The molecule has 1 N–H and O–H groups in total. The third-order valence-corrected chi connectivity index (χ3v) is 4.59. The molecule has 0 saturated heterocycles. The number of anilines is 1. The summed E-state index contributed by atoms with van der Waals surface area (Å²) in [5, 5.41) is 4.45. The molecule has 1 saturated carbocycles. The Labute approximate surface area is 131 Å². The number of hydrogen-bond acceptors (Lipinski definition) is 2. The Kier molecular flexibility index (Phi) is 4.20. The van der Waals surface area contributed by atoms with Crippen molar-refractivity contribution in [3.8, 4) is 5.69 Å². The van der Waals surface area contributed by atoms with Crippen LogP contribution in [0.3, 0.4) is 0 Å². The largest absolute Gasteiger partial charge is 0.381 e. The Morgan fingerprint density at radius 2 is 1.95 bits per heavy atom. The van der Waals surface area contributed by atoms with Crippen molar-refractivity contribution in [3.05, 3.63) is 41.9 Å². The number of rotatable bonds is 3. The van der Waals surface area contributed by atoms with E-state index in [1.54, 1.807) is 12.5 Å². The van der Waals surface area contributed by atoms with E-state index >= 15 is 0 Å². The lowest BCUT2D eigenvalue weighted by molar-refractivity contribution is 0.281. The van der Waals surface area contributed by atoms with Crippen molar-refractivity contribution in [1.29, 1.82) is 0 Å². The minimum Gasteiger partial charge on any atom is -0.381 e. The molecular weight excluding hydrogens is 282 g/mol. The topological polar surface area (TPSA) is 29.9 Å². The van der Waals surface area contributed by atoms with Gasteiger partial charge in [-0.25, -0.2) is 4.98 Å². The summed E-state index contributed by atoms with van der Waals surface area (Å²) in [5.74, 6) is 1.56. The molecule has 1 aliphatic rings. The van der Waals surface area contributed by atoms with Gasteiger partial charge < -0.3 is 9.88 Å². The molecular formula is C17H22ClN3. The van der Waals surface area contributed by atoms with Gasteiger partial charge in [-0.05, 0) is 43.2 Å². The molecule has 21 heavy (non-hydrogen) atoms. The lowest BCUT2D eigenvalue weighted by Crippen LogP contribution is -2.30. The monoisotopic (exact) mass is 303 g/mol. The maximum absolute atomic E-state index is 6.41. The third kappa shape index (κ3) is 3.24. The van der Waals surface area contributed by atoms with Crippen molar-refractivity contribution in [2.24, 2.45) is 11.8 Å². The van der Waals surface area contributed by atoms with Crippen molar-refractivity contribution in [3.63, 3.8) is 0 Å². The first-order valence-corrected chi connectivity index (χ1v) is 8.04. The highest BCUT2D eigenvalue weighted by atomic mass is 35.5. The van der Waals surface area contributed by atoms with Gasteiger partial charge in [0, 0.05) is 18.4 Å². The number of halogens is 1. The van der Waals surface area contributed by atoms with Gasteiger partial charge in [0.25, 0.3) is 0 Å². The van der Waals surface area contributed by atoms with E-state index in [1.165, 1.54) is 19.3 Å². The SMILES string of the molecule is CC1CC(C)CC(Nc2cccc(Cl)c2-n2ccnc2)C1. The Morgan fingerprint density at radius 3 is 2.62 bits per heavy atom. The summed E-state index contributed by atoms with van der Waals surface area (Å²) in [6.45, 7) is 4.69.